The fourth-order valence-corrected chi connectivity index (χ4v) is 1.62. The molecule has 1 N–H and O–H groups in total. The van der Waals surface area contributed by atoms with Gasteiger partial charge in [-0.1, -0.05) is 19.4 Å². The average molecular weight is 190 g/mol. The highest BCUT2D eigenvalue weighted by Gasteiger charge is 2.02. The van der Waals surface area contributed by atoms with Crippen LogP contribution >= 0.6 is 0 Å². The third-order valence-corrected chi connectivity index (χ3v) is 2.39. The zero-order valence-electron chi connectivity index (χ0n) is 8.29. The number of unbranched alkanes of at least 4 members (excludes halogenated alkanes) is 1. The number of rotatable bonds is 3. The molecule has 2 rings (SSSR count). The predicted octanol–water partition coefficient (Wildman–Crippen LogP) is 3.48. The Balaban J connectivity index is 2.31. The minimum atomic E-state index is -0.00681. The first-order valence-electron chi connectivity index (χ1n) is 5.01. The predicted molar refractivity (Wildman–Crippen MR) is 56.5 cm³/mol. The molecule has 14 heavy (non-hydrogen) atoms. The van der Waals surface area contributed by atoms with E-state index in [2.05, 4.69) is 19.1 Å². The first kappa shape index (κ1) is 9.13. The molecule has 0 bridgehead atoms. The summed E-state index contributed by atoms with van der Waals surface area (Å²) in [4.78, 5) is 0. The number of fused-ring (bicyclic) bond motifs is 1. The minimum Gasteiger partial charge on any atom is -0.481 e. The zero-order chi connectivity index (χ0) is 9.97. The van der Waals surface area contributed by atoms with E-state index in [1.165, 1.54) is 18.4 Å². The van der Waals surface area contributed by atoms with E-state index in [0.717, 1.165) is 17.4 Å². The fraction of sp³-hybridized carbons (Fsp3) is 0.333. The van der Waals surface area contributed by atoms with Gasteiger partial charge in [-0.15, -0.1) is 0 Å². The average Bonchev–Trinajstić information content (AvgIpc) is 2.54. The maximum absolute atomic E-state index is 9.16. The van der Waals surface area contributed by atoms with Gasteiger partial charge in [0.1, 0.15) is 5.58 Å². The maximum Gasteiger partial charge on any atom is 0.282 e. The van der Waals surface area contributed by atoms with E-state index in [-0.39, 0.29) is 5.95 Å². The Morgan fingerprint density at radius 3 is 2.93 bits per heavy atom. The summed E-state index contributed by atoms with van der Waals surface area (Å²) in [7, 11) is 0. The van der Waals surface area contributed by atoms with Gasteiger partial charge in [0.05, 0.1) is 0 Å². The first-order chi connectivity index (χ1) is 6.79. The lowest BCUT2D eigenvalue weighted by Gasteiger charge is -1.98. The van der Waals surface area contributed by atoms with Crippen molar-refractivity contribution in [2.75, 3.05) is 0 Å². The number of aryl methyl sites for hydroxylation is 1. The monoisotopic (exact) mass is 190 g/mol. The van der Waals surface area contributed by atoms with Crippen molar-refractivity contribution < 1.29 is 9.52 Å². The molecule has 0 atom stereocenters. The molecule has 74 valence electrons. The highest BCUT2D eigenvalue weighted by atomic mass is 16.5. The van der Waals surface area contributed by atoms with Crippen molar-refractivity contribution in [3.63, 3.8) is 0 Å². The van der Waals surface area contributed by atoms with E-state index in [4.69, 9.17) is 9.52 Å². The SMILES string of the molecule is CCCCc1ccc2oc(O)cc2c1. The molecule has 0 saturated heterocycles. The van der Waals surface area contributed by atoms with Crippen molar-refractivity contribution in [1.82, 2.24) is 0 Å². The number of benzene rings is 1. The van der Waals surface area contributed by atoms with Crippen LogP contribution in [-0.4, -0.2) is 5.11 Å². The molecule has 1 aromatic carbocycles. The summed E-state index contributed by atoms with van der Waals surface area (Å²) in [6, 6.07) is 7.71. The summed E-state index contributed by atoms with van der Waals surface area (Å²) in [5.41, 5.74) is 2.06. The van der Waals surface area contributed by atoms with Crippen LogP contribution in [0.1, 0.15) is 25.3 Å². The third kappa shape index (κ3) is 1.74. The number of hydrogen-bond acceptors (Lipinski definition) is 2. The third-order valence-electron chi connectivity index (χ3n) is 2.39. The Morgan fingerprint density at radius 1 is 1.29 bits per heavy atom. The second-order valence-corrected chi connectivity index (χ2v) is 3.56. The minimum absolute atomic E-state index is 0.00681. The van der Waals surface area contributed by atoms with Gasteiger partial charge in [0.25, 0.3) is 5.95 Å². The summed E-state index contributed by atoms with van der Waals surface area (Å²) in [5.74, 6) is -0.00681. The van der Waals surface area contributed by atoms with E-state index < -0.39 is 0 Å². The normalized spacial score (nSPS) is 10.9. The fourth-order valence-electron chi connectivity index (χ4n) is 1.62. The standard InChI is InChI=1S/C12H14O2/c1-2-3-4-9-5-6-11-10(7-9)8-12(13)14-11/h5-8,13H,2-4H2,1H3. The molecule has 0 aliphatic heterocycles. The van der Waals surface area contributed by atoms with Crippen LogP contribution < -0.4 is 0 Å². The maximum atomic E-state index is 9.16. The van der Waals surface area contributed by atoms with E-state index in [1.807, 2.05) is 6.07 Å². The quantitative estimate of drug-likeness (QED) is 0.803. The molecule has 1 heterocycles. The van der Waals surface area contributed by atoms with Crippen LogP contribution in [0, 0.1) is 0 Å². The molecule has 2 nitrogen and oxygen atoms in total. The van der Waals surface area contributed by atoms with Gasteiger partial charge in [0, 0.05) is 11.5 Å². The molecular weight excluding hydrogens is 176 g/mol. The zero-order valence-corrected chi connectivity index (χ0v) is 8.29. The lowest BCUT2D eigenvalue weighted by atomic mass is 10.1. The van der Waals surface area contributed by atoms with Gasteiger partial charge in [-0.2, -0.15) is 0 Å². The highest BCUT2D eigenvalue weighted by Crippen LogP contribution is 2.24. The van der Waals surface area contributed by atoms with Gasteiger partial charge < -0.3 is 9.52 Å². The van der Waals surface area contributed by atoms with Gasteiger partial charge in [-0.05, 0) is 30.5 Å². The molecule has 0 saturated carbocycles. The van der Waals surface area contributed by atoms with Crippen molar-refractivity contribution in [3.05, 3.63) is 29.8 Å². The smallest absolute Gasteiger partial charge is 0.282 e. The molecule has 1 aromatic heterocycles. The molecule has 0 amide bonds. The van der Waals surface area contributed by atoms with E-state index in [1.54, 1.807) is 6.07 Å². The summed E-state index contributed by atoms with van der Waals surface area (Å²) >= 11 is 0. The molecule has 0 spiro atoms. The van der Waals surface area contributed by atoms with Crippen molar-refractivity contribution in [1.29, 1.82) is 0 Å². The second-order valence-electron chi connectivity index (χ2n) is 3.56. The van der Waals surface area contributed by atoms with Crippen molar-refractivity contribution in [2.45, 2.75) is 26.2 Å². The Kier molecular flexibility index (Phi) is 2.44. The van der Waals surface area contributed by atoms with Gasteiger partial charge in [-0.25, -0.2) is 0 Å². The Bertz CT molecular complexity index is 429. The van der Waals surface area contributed by atoms with Gasteiger partial charge in [0.15, 0.2) is 0 Å². The Labute approximate surface area is 83.2 Å². The van der Waals surface area contributed by atoms with Crippen LogP contribution in [0.5, 0.6) is 5.95 Å². The van der Waals surface area contributed by atoms with Crippen LogP contribution in [-0.2, 0) is 6.42 Å². The largest absolute Gasteiger partial charge is 0.481 e. The lowest BCUT2D eigenvalue weighted by Crippen LogP contribution is -1.82. The molecule has 0 unspecified atom stereocenters. The molecule has 2 aromatic rings. The summed E-state index contributed by atoms with van der Waals surface area (Å²) in [6.45, 7) is 2.18. The van der Waals surface area contributed by atoms with Gasteiger partial charge in [-0.3, -0.25) is 0 Å². The molecular formula is C12H14O2. The Morgan fingerprint density at radius 2 is 2.14 bits per heavy atom. The second kappa shape index (κ2) is 3.74. The summed E-state index contributed by atoms with van der Waals surface area (Å²) in [6.07, 6.45) is 3.50. The number of furan rings is 1. The topological polar surface area (TPSA) is 33.4 Å². The lowest BCUT2D eigenvalue weighted by molar-refractivity contribution is 0.346. The van der Waals surface area contributed by atoms with Crippen LogP contribution in [0.25, 0.3) is 11.0 Å². The summed E-state index contributed by atoms with van der Waals surface area (Å²) < 4.78 is 5.08. The van der Waals surface area contributed by atoms with E-state index >= 15 is 0 Å². The van der Waals surface area contributed by atoms with E-state index in [0.29, 0.717) is 0 Å². The molecule has 0 fully saturated rings. The number of aromatic hydroxyl groups is 1. The molecule has 0 aliphatic carbocycles. The van der Waals surface area contributed by atoms with Crippen molar-refractivity contribution in [2.24, 2.45) is 0 Å². The molecule has 2 heteroatoms. The number of hydrogen-bond donors (Lipinski definition) is 1. The Hall–Kier alpha value is -1.44. The van der Waals surface area contributed by atoms with Crippen LogP contribution in [0.2, 0.25) is 0 Å². The van der Waals surface area contributed by atoms with Gasteiger partial charge >= 0.3 is 0 Å². The van der Waals surface area contributed by atoms with Crippen LogP contribution in [0.15, 0.2) is 28.7 Å². The first-order valence-corrected chi connectivity index (χ1v) is 5.01. The molecule has 0 aliphatic rings. The summed E-state index contributed by atoms with van der Waals surface area (Å²) in [5, 5.41) is 10.1. The van der Waals surface area contributed by atoms with E-state index in [9.17, 15) is 0 Å². The van der Waals surface area contributed by atoms with Gasteiger partial charge in [0.2, 0.25) is 0 Å². The van der Waals surface area contributed by atoms with Crippen molar-refractivity contribution in [3.8, 4) is 5.95 Å². The van der Waals surface area contributed by atoms with Crippen LogP contribution in [0.3, 0.4) is 0 Å². The molecule has 0 radical (unpaired) electrons. The van der Waals surface area contributed by atoms with Crippen LogP contribution in [0.4, 0.5) is 0 Å². The van der Waals surface area contributed by atoms with Crippen molar-refractivity contribution >= 4 is 11.0 Å². The highest BCUT2D eigenvalue weighted by molar-refractivity contribution is 5.79.